The lowest BCUT2D eigenvalue weighted by molar-refractivity contribution is -0.116. The average molecular weight is 261 g/mol. The van der Waals surface area contributed by atoms with Crippen LogP contribution in [0.2, 0.25) is 0 Å². The van der Waals surface area contributed by atoms with Gasteiger partial charge in [0.2, 0.25) is 5.91 Å². The summed E-state index contributed by atoms with van der Waals surface area (Å²) in [6, 6.07) is 4.42. The molecule has 0 aromatic heterocycles. The Kier molecular flexibility index (Phi) is 3.98. The van der Waals surface area contributed by atoms with Gasteiger partial charge in [0.25, 0.3) is 0 Å². The molecule has 1 aliphatic heterocycles. The van der Waals surface area contributed by atoms with Crippen molar-refractivity contribution in [2.75, 3.05) is 22.5 Å². The van der Waals surface area contributed by atoms with E-state index in [1.807, 2.05) is 12.1 Å². The Morgan fingerprint density at radius 3 is 2.74 bits per heavy atom. The molecule has 104 valence electrons. The highest BCUT2D eigenvalue weighted by Crippen LogP contribution is 2.34. The lowest BCUT2D eigenvalue weighted by atomic mass is 10.0. The normalized spacial score (nSPS) is 14.2. The van der Waals surface area contributed by atoms with Crippen molar-refractivity contribution in [2.45, 2.75) is 46.1 Å². The standard InChI is InChI=1S/C15H23N3O/c1-4-7-18(10(2)3)14-9-13-11(8-12(14)16)5-6-15(19)17-13/h8-10H,4-7,16H2,1-3H3,(H,17,19). The van der Waals surface area contributed by atoms with E-state index in [9.17, 15) is 4.79 Å². The Morgan fingerprint density at radius 1 is 1.37 bits per heavy atom. The number of carbonyl (C=O) groups is 1. The maximum Gasteiger partial charge on any atom is 0.224 e. The summed E-state index contributed by atoms with van der Waals surface area (Å²) >= 11 is 0. The van der Waals surface area contributed by atoms with Gasteiger partial charge in [-0.15, -0.1) is 0 Å². The zero-order valence-electron chi connectivity index (χ0n) is 12.0. The highest BCUT2D eigenvalue weighted by molar-refractivity contribution is 5.95. The second kappa shape index (κ2) is 5.51. The molecule has 0 aliphatic carbocycles. The largest absolute Gasteiger partial charge is 0.397 e. The first-order valence-electron chi connectivity index (χ1n) is 7.01. The van der Waals surface area contributed by atoms with E-state index in [1.54, 1.807) is 0 Å². The van der Waals surface area contributed by atoms with E-state index >= 15 is 0 Å². The van der Waals surface area contributed by atoms with Gasteiger partial charge in [-0.3, -0.25) is 4.79 Å². The molecule has 0 bridgehead atoms. The Morgan fingerprint density at radius 2 is 2.11 bits per heavy atom. The van der Waals surface area contributed by atoms with Crippen LogP contribution in [0.4, 0.5) is 17.1 Å². The molecule has 1 heterocycles. The molecule has 0 saturated heterocycles. The number of rotatable bonds is 4. The van der Waals surface area contributed by atoms with Gasteiger partial charge < -0.3 is 16.0 Å². The lowest BCUT2D eigenvalue weighted by Gasteiger charge is -2.31. The molecule has 0 spiro atoms. The number of amides is 1. The number of carbonyl (C=O) groups excluding carboxylic acids is 1. The van der Waals surface area contributed by atoms with Gasteiger partial charge in [-0.05, 0) is 44.4 Å². The molecule has 0 atom stereocenters. The average Bonchev–Trinajstić information content (AvgIpc) is 2.35. The van der Waals surface area contributed by atoms with Crippen molar-refractivity contribution in [3.8, 4) is 0 Å². The Labute approximate surface area is 115 Å². The summed E-state index contributed by atoms with van der Waals surface area (Å²) in [5, 5.41) is 2.94. The summed E-state index contributed by atoms with van der Waals surface area (Å²) in [5.74, 6) is 0.0924. The molecule has 1 aliphatic rings. The molecule has 0 unspecified atom stereocenters. The first-order chi connectivity index (χ1) is 9.02. The van der Waals surface area contributed by atoms with Crippen molar-refractivity contribution >= 4 is 23.0 Å². The zero-order chi connectivity index (χ0) is 14.0. The minimum Gasteiger partial charge on any atom is -0.397 e. The van der Waals surface area contributed by atoms with Crippen LogP contribution in [0.1, 0.15) is 39.2 Å². The molecule has 1 aromatic rings. The van der Waals surface area contributed by atoms with E-state index in [0.717, 1.165) is 42.0 Å². The number of hydrogen-bond acceptors (Lipinski definition) is 3. The van der Waals surface area contributed by atoms with Crippen LogP contribution in [0.25, 0.3) is 0 Å². The van der Waals surface area contributed by atoms with E-state index in [1.165, 1.54) is 0 Å². The quantitative estimate of drug-likeness (QED) is 0.819. The Balaban J connectivity index is 2.40. The van der Waals surface area contributed by atoms with Gasteiger partial charge in [-0.1, -0.05) is 6.92 Å². The molecule has 2 rings (SSSR count). The number of benzene rings is 1. The SMILES string of the molecule is CCCN(c1cc2c(cc1N)CCC(=O)N2)C(C)C. The molecular weight excluding hydrogens is 238 g/mol. The van der Waals surface area contributed by atoms with Gasteiger partial charge in [0.1, 0.15) is 0 Å². The van der Waals surface area contributed by atoms with Gasteiger partial charge in [0, 0.05) is 24.7 Å². The highest BCUT2D eigenvalue weighted by Gasteiger charge is 2.19. The van der Waals surface area contributed by atoms with Crippen LogP contribution in [-0.4, -0.2) is 18.5 Å². The van der Waals surface area contributed by atoms with Gasteiger partial charge >= 0.3 is 0 Å². The van der Waals surface area contributed by atoms with Gasteiger partial charge in [0.15, 0.2) is 0 Å². The fraction of sp³-hybridized carbons (Fsp3) is 0.533. The van der Waals surface area contributed by atoms with Crippen molar-refractivity contribution in [2.24, 2.45) is 0 Å². The molecule has 0 radical (unpaired) electrons. The van der Waals surface area contributed by atoms with E-state index in [2.05, 4.69) is 31.0 Å². The summed E-state index contributed by atoms with van der Waals surface area (Å²) in [7, 11) is 0. The predicted octanol–water partition coefficient (Wildman–Crippen LogP) is 2.78. The second-order valence-corrected chi connectivity index (χ2v) is 5.40. The number of fused-ring (bicyclic) bond motifs is 1. The number of aryl methyl sites for hydroxylation is 1. The molecular formula is C15H23N3O. The zero-order valence-corrected chi connectivity index (χ0v) is 12.0. The topological polar surface area (TPSA) is 58.4 Å². The third kappa shape index (κ3) is 2.83. The fourth-order valence-corrected chi connectivity index (χ4v) is 2.58. The molecule has 4 nitrogen and oxygen atoms in total. The van der Waals surface area contributed by atoms with Crippen molar-refractivity contribution in [1.29, 1.82) is 0 Å². The Hall–Kier alpha value is -1.71. The third-order valence-corrected chi connectivity index (χ3v) is 3.55. The first kappa shape index (κ1) is 13.7. The summed E-state index contributed by atoms with van der Waals surface area (Å²) < 4.78 is 0. The van der Waals surface area contributed by atoms with E-state index in [4.69, 9.17) is 5.73 Å². The molecule has 0 saturated carbocycles. The van der Waals surface area contributed by atoms with Crippen LogP contribution in [0.3, 0.4) is 0 Å². The fourth-order valence-electron chi connectivity index (χ4n) is 2.58. The minimum absolute atomic E-state index is 0.0924. The number of nitrogens with two attached hydrogens (primary N) is 1. The summed E-state index contributed by atoms with van der Waals surface area (Å²) in [4.78, 5) is 13.8. The van der Waals surface area contributed by atoms with Crippen LogP contribution >= 0.6 is 0 Å². The van der Waals surface area contributed by atoms with E-state index in [-0.39, 0.29) is 5.91 Å². The predicted molar refractivity (Wildman–Crippen MR) is 80.6 cm³/mol. The minimum atomic E-state index is 0.0924. The monoisotopic (exact) mass is 261 g/mol. The molecule has 0 fully saturated rings. The molecule has 3 N–H and O–H groups in total. The summed E-state index contributed by atoms with van der Waals surface area (Å²) in [6.45, 7) is 7.45. The molecule has 1 aromatic carbocycles. The maximum atomic E-state index is 11.5. The maximum absolute atomic E-state index is 11.5. The van der Waals surface area contributed by atoms with Crippen LogP contribution in [0.15, 0.2) is 12.1 Å². The summed E-state index contributed by atoms with van der Waals surface area (Å²) in [6.07, 6.45) is 2.40. The smallest absolute Gasteiger partial charge is 0.224 e. The number of nitrogens with one attached hydrogen (secondary N) is 1. The van der Waals surface area contributed by atoms with Crippen LogP contribution in [-0.2, 0) is 11.2 Å². The third-order valence-electron chi connectivity index (χ3n) is 3.55. The van der Waals surface area contributed by atoms with Gasteiger partial charge in [-0.25, -0.2) is 0 Å². The molecule has 19 heavy (non-hydrogen) atoms. The lowest BCUT2D eigenvalue weighted by Crippen LogP contribution is -2.32. The van der Waals surface area contributed by atoms with Gasteiger partial charge in [0.05, 0.1) is 11.4 Å². The van der Waals surface area contributed by atoms with Crippen molar-refractivity contribution in [1.82, 2.24) is 0 Å². The highest BCUT2D eigenvalue weighted by atomic mass is 16.1. The molecule has 1 amide bonds. The van der Waals surface area contributed by atoms with Crippen molar-refractivity contribution < 1.29 is 4.79 Å². The number of nitrogens with zero attached hydrogens (tertiary/aromatic N) is 1. The summed E-state index contributed by atoms with van der Waals surface area (Å²) in [5.41, 5.74) is 10.1. The number of anilines is 3. The number of hydrogen-bond donors (Lipinski definition) is 2. The Bertz CT molecular complexity index is 483. The van der Waals surface area contributed by atoms with Crippen LogP contribution in [0.5, 0.6) is 0 Å². The van der Waals surface area contributed by atoms with Crippen molar-refractivity contribution in [3.63, 3.8) is 0 Å². The van der Waals surface area contributed by atoms with Crippen LogP contribution in [0, 0.1) is 0 Å². The first-order valence-corrected chi connectivity index (χ1v) is 7.01. The molecule has 4 heteroatoms. The van der Waals surface area contributed by atoms with Crippen molar-refractivity contribution in [3.05, 3.63) is 17.7 Å². The van der Waals surface area contributed by atoms with Crippen LogP contribution < -0.4 is 16.0 Å². The van der Waals surface area contributed by atoms with E-state index in [0.29, 0.717) is 12.5 Å². The second-order valence-electron chi connectivity index (χ2n) is 5.40. The number of nitrogen functional groups attached to an aromatic ring is 1. The van der Waals surface area contributed by atoms with E-state index < -0.39 is 0 Å². The van der Waals surface area contributed by atoms with Gasteiger partial charge in [-0.2, -0.15) is 0 Å².